The number of fused-ring (bicyclic) bond motifs is 1. The molecule has 0 aromatic carbocycles. The maximum atomic E-state index is 11.4. The van der Waals surface area contributed by atoms with E-state index in [-0.39, 0.29) is 0 Å². The van der Waals surface area contributed by atoms with E-state index in [1.165, 1.54) is 6.42 Å². The fourth-order valence-electron chi connectivity index (χ4n) is 2.03. The Labute approximate surface area is 86.6 Å². The summed E-state index contributed by atoms with van der Waals surface area (Å²) >= 11 is 2.35. The molecule has 1 amide bonds. The highest BCUT2D eigenvalue weighted by Gasteiger charge is 2.31. The first-order valence-corrected chi connectivity index (χ1v) is 5.44. The van der Waals surface area contributed by atoms with Gasteiger partial charge in [0.25, 0.3) is 0 Å². The molecule has 2 aliphatic rings. The van der Waals surface area contributed by atoms with Crippen LogP contribution in [0.2, 0.25) is 0 Å². The minimum atomic E-state index is 0.371. The van der Waals surface area contributed by atoms with Crippen molar-refractivity contribution in [2.75, 3.05) is 19.6 Å². The molecule has 2 aliphatic heterocycles. The Hall–Kier alpha value is 0.160. The molecule has 3 nitrogen and oxygen atoms in total. The zero-order valence-electron chi connectivity index (χ0n) is 7.00. The molecule has 0 aromatic rings. The molecular weight excluding hydrogens is 267 g/mol. The van der Waals surface area contributed by atoms with Crippen molar-refractivity contribution in [2.24, 2.45) is 0 Å². The second kappa shape index (κ2) is 3.49. The van der Waals surface area contributed by atoms with Crippen molar-refractivity contribution in [3.8, 4) is 0 Å². The lowest BCUT2D eigenvalue weighted by Gasteiger charge is -2.41. The summed E-state index contributed by atoms with van der Waals surface area (Å²) in [6.07, 6.45) is 3.06. The van der Waals surface area contributed by atoms with Crippen LogP contribution in [-0.2, 0) is 4.79 Å². The van der Waals surface area contributed by atoms with Gasteiger partial charge in [0, 0.05) is 55.0 Å². The number of nitrogens with zero attached hydrogens (tertiary/aromatic N) is 2. The molecule has 4 heteroatoms. The molecule has 12 heavy (non-hydrogen) atoms. The number of piperazine rings is 1. The van der Waals surface area contributed by atoms with Gasteiger partial charge in [-0.25, -0.2) is 3.11 Å². The Morgan fingerprint density at radius 3 is 3.08 bits per heavy atom. The molecule has 1 atom stereocenters. The van der Waals surface area contributed by atoms with E-state index in [1.807, 2.05) is 0 Å². The SMILES string of the molecule is O=C1CCC[C@@H]2CN(I)CCN12. The van der Waals surface area contributed by atoms with Crippen molar-refractivity contribution in [1.29, 1.82) is 0 Å². The summed E-state index contributed by atoms with van der Waals surface area (Å²) in [5.74, 6) is 0.371. The van der Waals surface area contributed by atoms with Gasteiger partial charge in [0.05, 0.1) is 0 Å². The fraction of sp³-hybridized carbons (Fsp3) is 0.875. The Morgan fingerprint density at radius 1 is 1.42 bits per heavy atom. The van der Waals surface area contributed by atoms with Gasteiger partial charge >= 0.3 is 0 Å². The van der Waals surface area contributed by atoms with E-state index in [9.17, 15) is 4.79 Å². The summed E-state index contributed by atoms with van der Waals surface area (Å²) < 4.78 is 2.29. The molecule has 2 fully saturated rings. The first-order valence-electron chi connectivity index (χ1n) is 4.47. The number of rotatable bonds is 0. The van der Waals surface area contributed by atoms with E-state index in [4.69, 9.17) is 0 Å². The third-order valence-corrected chi connectivity index (χ3v) is 3.56. The van der Waals surface area contributed by atoms with Gasteiger partial charge in [0.15, 0.2) is 0 Å². The van der Waals surface area contributed by atoms with Crippen LogP contribution in [-0.4, -0.2) is 39.6 Å². The Balaban J connectivity index is 2.04. The molecular formula is C8H13IN2O. The van der Waals surface area contributed by atoms with Crippen molar-refractivity contribution in [1.82, 2.24) is 8.01 Å². The molecule has 0 aromatic heterocycles. The highest BCUT2D eigenvalue weighted by molar-refractivity contribution is 14.1. The van der Waals surface area contributed by atoms with E-state index in [1.54, 1.807) is 0 Å². The van der Waals surface area contributed by atoms with Crippen molar-refractivity contribution in [3.05, 3.63) is 0 Å². The molecule has 0 saturated carbocycles. The summed E-state index contributed by atoms with van der Waals surface area (Å²) in [6, 6.07) is 0.511. The van der Waals surface area contributed by atoms with E-state index in [0.29, 0.717) is 11.9 Å². The second-order valence-electron chi connectivity index (χ2n) is 3.50. The minimum Gasteiger partial charge on any atom is -0.337 e. The van der Waals surface area contributed by atoms with Gasteiger partial charge in [0.2, 0.25) is 5.91 Å². The third kappa shape index (κ3) is 1.59. The molecule has 2 saturated heterocycles. The predicted octanol–water partition coefficient (Wildman–Crippen LogP) is 1.03. The van der Waals surface area contributed by atoms with Crippen LogP contribution in [0.15, 0.2) is 0 Å². The van der Waals surface area contributed by atoms with Gasteiger partial charge in [-0.2, -0.15) is 0 Å². The maximum Gasteiger partial charge on any atom is 0.222 e. The highest BCUT2D eigenvalue weighted by atomic mass is 127. The number of halogens is 1. The van der Waals surface area contributed by atoms with Crippen LogP contribution >= 0.6 is 22.9 Å². The predicted molar refractivity (Wildman–Crippen MR) is 54.9 cm³/mol. The number of carbonyl (C=O) groups excluding carboxylic acids is 1. The first kappa shape index (κ1) is 8.74. The lowest BCUT2D eigenvalue weighted by molar-refractivity contribution is -0.138. The number of hydrogen-bond donors (Lipinski definition) is 0. The normalized spacial score (nSPS) is 31.9. The molecule has 68 valence electrons. The van der Waals surface area contributed by atoms with Crippen LogP contribution in [0, 0.1) is 0 Å². The number of carbonyl (C=O) groups is 1. The highest BCUT2D eigenvalue weighted by Crippen LogP contribution is 2.23. The van der Waals surface area contributed by atoms with Crippen LogP contribution in [0.4, 0.5) is 0 Å². The average molecular weight is 280 g/mol. The molecule has 0 aliphatic carbocycles. The Morgan fingerprint density at radius 2 is 2.25 bits per heavy atom. The van der Waals surface area contributed by atoms with Crippen molar-refractivity contribution in [3.63, 3.8) is 0 Å². The summed E-state index contributed by atoms with van der Waals surface area (Å²) in [7, 11) is 0. The zero-order valence-corrected chi connectivity index (χ0v) is 9.16. The average Bonchev–Trinajstić information content (AvgIpc) is 2.04. The number of hydrogen-bond acceptors (Lipinski definition) is 2. The molecule has 0 spiro atoms. The van der Waals surface area contributed by atoms with Crippen LogP contribution in [0.5, 0.6) is 0 Å². The maximum absolute atomic E-state index is 11.4. The van der Waals surface area contributed by atoms with E-state index in [2.05, 4.69) is 30.9 Å². The van der Waals surface area contributed by atoms with Gasteiger partial charge in [-0.15, -0.1) is 0 Å². The van der Waals surface area contributed by atoms with Crippen molar-refractivity contribution in [2.45, 2.75) is 25.3 Å². The lowest BCUT2D eigenvalue weighted by atomic mass is 10.00. The number of piperidine rings is 1. The van der Waals surface area contributed by atoms with Crippen LogP contribution in [0.25, 0.3) is 0 Å². The van der Waals surface area contributed by atoms with Crippen LogP contribution in [0.1, 0.15) is 19.3 Å². The largest absolute Gasteiger partial charge is 0.337 e. The molecule has 2 rings (SSSR count). The second-order valence-corrected chi connectivity index (χ2v) is 4.87. The number of amides is 1. The molecule has 0 bridgehead atoms. The van der Waals surface area contributed by atoms with Crippen molar-refractivity contribution < 1.29 is 4.79 Å². The van der Waals surface area contributed by atoms with Gasteiger partial charge in [-0.05, 0) is 12.8 Å². The summed E-state index contributed by atoms with van der Waals surface area (Å²) in [5, 5.41) is 0. The first-order chi connectivity index (χ1) is 5.77. The monoisotopic (exact) mass is 280 g/mol. The fourth-order valence-corrected chi connectivity index (χ4v) is 2.70. The molecule has 0 unspecified atom stereocenters. The minimum absolute atomic E-state index is 0.371. The molecule has 0 radical (unpaired) electrons. The van der Waals surface area contributed by atoms with Gasteiger partial charge in [0.1, 0.15) is 0 Å². The zero-order chi connectivity index (χ0) is 8.55. The summed E-state index contributed by atoms with van der Waals surface area (Å²) in [4.78, 5) is 13.5. The molecule has 0 N–H and O–H groups in total. The Bertz CT molecular complexity index is 197. The third-order valence-electron chi connectivity index (χ3n) is 2.68. The van der Waals surface area contributed by atoms with Gasteiger partial charge in [-0.1, -0.05) is 0 Å². The van der Waals surface area contributed by atoms with E-state index < -0.39 is 0 Å². The standard InChI is InChI=1S/C8H13IN2O/c9-10-4-5-11-7(6-10)2-1-3-8(11)12/h7H,1-6H2/t7-/m1/s1. The Kier molecular flexibility index (Phi) is 2.55. The van der Waals surface area contributed by atoms with Crippen LogP contribution in [0.3, 0.4) is 0 Å². The lowest BCUT2D eigenvalue weighted by Crippen LogP contribution is -2.54. The van der Waals surface area contributed by atoms with Gasteiger partial charge < -0.3 is 4.90 Å². The smallest absolute Gasteiger partial charge is 0.222 e. The summed E-state index contributed by atoms with van der Waals surface area (Å²) in [6.45, 7) is 3.03. The van der Waals surface area contributed by atoms with E-state index in [0.717, 1.165) is 32.5 Å². The van der Waals surface area contributed by atoms with Gasteiger partial charge in [-0.3, -0.25) is 4.79 Å². The van der Waals surface area contributed by atoms with E-state index >= 15 is 0 Å². The quantitative estimate of drug-likeness (QED) is 0.489. The van der Waals surface area contributed by atoms with Crippen LogP contribution < -0.4 is 0 Å². The topological polar surface area (TPSA) is 23.6 Å². The summed E-state index contributed by atoms with van der Waals surface area (Å²) in [5.41, 5.74) is 0. The van der Waals surface area contributed by atoms with Crippen molar-refractivity contribution >= 4 is 28.8 Å². The molecule has 2 heterocycles.